The van der Waals surface area contributed by atoms with Crippen LogP contribution >= 0.6 is 0 Å². The number of hydrogen-bond acceptors (Lipinski definition) is 4. The number of aromatic nitrogens is 4. The molecule has 2 aromatic heterocycles. The first-order valence-electron chi connectivity index (χ1n) is 8.31. The van der Waals surface area contributed by atoms with Crippen LogP contribution in [0.15, 0.2) is 72.9 Å². The van der Waals surface area contributed by atoms with Crippen molar-refractivity contribution >= 4 is 17.6 Å². The Balaban J connectivity index is 1.69. The maximum atomic E-state index is 13.1. The van der Waals surface area contributed by atoms with E-state index in [0.717, 1.165) is 16.8 Å². The van der Waals surface area contributed by atoms with Crippen molar-refractivity contribution in [3.8, 4) is 0 Å². The molecule has 2 heterocycles. The van der Waals surface area contributed by atoms with Crippen LogP contribution in [-0.4, -0.2) is 25.5 Å². The number of carbonyl (C=O) groups excluding carboxylic acids is 1. The summed E-state index contributed by atoms with van der Waals surface area (Å²) >= 11 is 0. The highest BCUT2D eigenvalue weighted by Crippen LogP contribution is 2.25. The van der Waals surface area contributed by atoms with Gasteiger partial charge < -0.3 is 0 Å². The number of carbonyl (C=O) groups is 1. The molecule has 26 heavy (non-hydrogen) atoms. The molecule has 1 N–H and O–H groups in total. The van der Waals surface area contributed by atoms with Crippen molar-refractivity contribution in [2.75, 3.05) is 5.32 Å². The summed E-state index contributed by atoms with van der Waals surface area (Å²) in [6.07, 6.45) is 1.67. The van der Waals surface area contributed by atoms with E-state index < -0.39 is 5.92 Å². The molecule has 0 radical (unpaired) electrons. The Kier molecular flexibility index (Phi) is 4.15. The second-order valence-corrected chi connectivity index (χ2v) is 5.98. The van der Waals surface area contributed by atoms with Crippen molar-refractivity contribution in [2.24, 2.45) is 0 Å². The average Bonchev–Trinajstić information content (AvgIpc) is 3.07. The van der Waals surface area contributed by atoms with Crippen LogP contribution in [0.25, 0.3) is 5.78 Å². The third-order valence-electron chi connectivity index (χ3n) is 4.19. The van der Waals surface area contributed by atoms with Crippen molar-refractivity contribution in [1.82, 2.24) is 19.6 Å². The van der Waals surface area contributed by atoms with Crippen molar-refractivity contribution in [2.45, 2.75) is 12.8 Å². The quantitative estimate of drug-likeness (QED) is 0.618. The number of amides is 1. The molecule has 2 aromatic carbocycles. The summed E-state index contributed by atoms with van der Waals surface area (Å²) in [4.78, 5) is 21.5. The third kappa shape index (κ3) is 3.04. The Morgan fingerprint density at radius 3 is 2.15 bits per heavy atom. The molecule has 0 fully saturated rings. The molecule has 4 rings (SSSR count). The maximum absolute atomic E-state index is 13.1. The molecule has 0 aliphatic carbocycles. The van der Waals surface area contributed by atoms with Crippen LogP contribution in [0.3, 0.4) is 0 Å². The lowest BCUT2D eigenvalue weighted by Gasteiger charge is -2.16. The van der Waals surface area contributed by atoms with Gasteiger partial charge in [0.2, 0.25) is 5.91 Å². The number of hydrogen-bond donors (Lipinski definition) is 1. The molecule has 0 bridgehead atoms. The monoisotopic (exact) mass is 343 g/mol. The van der Waals surface area contributed by atoms with Crippen LogP contribution < -0.4 is 5.32 Å². The van der Waals surface area contributed by atoms with E-state index in [4.69, 9.17) is 0 Å². The van der Waals surface area contributed by atoms with Gasteiger partial charge in [0.25, 0.3) is 11.7 Å². The minimum atomic E-state index is -0.446. The molecule has 0 saturated heterocycles. The van der Waals surface area contributed by atoms with Gasteiger partial charge in [-0.3, -0.25) is 10.1 Å². The van der Waals surface area contributed by atoms with Crippen LogP contribution in [0.4, 0.5) is 5.95 Å². The highest BCUT2D eigenvalue weighted by Gasteiger charge is 2.24. The zero-order valence-corrected chi connectivity index (χ0v) is 14.2. The lowest BCUT2D eigenvalue weighted by molar-refractivity contribution is -0.116. The largest absolute Gasteiger partial charge is 0.292 e. The number of anilines is 1. The van der Waals surface area contributed by atoms with Gasteiger partial charge in [0, 0.05) is 11.9 Å². The van der Waals surface area contributed by atoms with Crippen LogP contribution in [0.1, 0.15) is 22.7 Å². The van der Waals surface area contributed by atoms with E-state index in [-0.39, 0.29) is 11.9 Å². The van der Waals surface area contributed by atoms with Gasteiger partial charge >= 0.3 is 0 Å². The standard InChI is InChI=1S/C20H17N5O/c1-14-12-13-21-20-23-19(24-25(14)20)22-18(26)17(15-8-4-2-5-9-15)16-10-6-3-7-11-16/h2-13,17H,1H3,(H,22,24,26). The first-order chi connectivity index (χ1) is 12.7. The minimum Gasteiger partial charge on any atom is -0.292 e. The van der Waals surface area contributed by atoms with Gasteiger partial charge in [-0.05, 0) is 24.1 Å². The molecule has 0 atom stereocenters. The van der Waals surface area contributed by atoms with Gasteiger partial charge in [-0.15, -0.1) is 5.10 Å². The number of fused-ring (bicyclic) bond motifs is 1. The third-order valence-corrected chi connectivity index (χ3v) is 4.19. The molecule has 0 spiro atoms. The zero-order valence-electron chi connectivity index (χ0n) is 14.2. The Hall–Kier alpha value is -3.54. The summed E-state index contributed by atoms with van der Waals surface area (Å²) < 4.78 is 1.61. The molecule has 6 nitrogen and oxygen atoms in total. The molecular formula is C20H17N5O. The second-order valence-electron chi connectivity index (χ2n) is 5.98. The first-order valence-corrected chi connectivity index (χ1v) is 8.31. The molecule has 0 aliphatic rings. The van der Waals surface area contributed by atoms with E-state index in [0.29, 0.717) is 5.78 Å². The summed E-state index contributed by atoms with van der Waals surface area (Å²) in [6.45, 7) is 1.91. The summed E-state index contributed by atoms with van der Waals surface area (Å²) in [5, 5.41) is 7.17. The van der Waals surface area contributed by atoms with Gasteiger partial charge in [-0.2, -0.15) is 9.50 Å². The molecule has 6 heteroatoms. The van der Waals surface area contributed by atoms with Gasteiger partial charge in [-0.1, -0.05) is 60.7 Å². The first kappa shape index (κ1) is 16.0. The van der Waals surface area contributed by atoms with Crippen LogP contribution in [-0.2, 0) is 4.79 Å². The van der Waals surface area contributed by atoms with Crippen LogP contribution in [0, 0.1) is 6.92 Å². The van der Waals surface area contributed by atoms with Crippen molar-refractivity contribution in [3.63, 3.8) is 0 Å². The topological polar surface area (TPSA) is 72.2 Å². The highest BCUT2D eigenvalue weighted by molar-refractivity contribution is 5.97. The van der Waals surface area contributed by atoms with E-state index >= 15 is 0 Å². The van der Waals surface area contributed by atoms with E-state index in [2.05, 4.69) is 20.4 Å². The molecular weight excluding hydrogens is 326 g/mol. The molecule has 4 aromatic rings. The number of benzene rings is 2. The number of rotatable bonds is 4. The maximum Gasteiger partial charge on any atom is 0.254 e. The Labute approximate surface area is 150 Å². The highest BCUT2D eigenvalue weighted by atomic mass is 16.2. The number of nitrogens with zero attached hydrogens (tertiary/aromatic N) is 4. The smallest absolute Gasteiger partial charge is 0.254 e. The summed E-state index contributed by atoms with van der Waals surface area (Å²) in [6, 6.07) is 21.2. The summed E-state index contributed by atoms with van der Waals surface area (Å²) in [5.41, 5.74) is 2.72. The lowest BCUT2D eigenvalue weighted by Crippen LogP contribution is -2.22. The average molecular weight is 343 g/mol. The van der Waals surface area contributed by atoms with Crippen LogP contribution in [0.5, 0.6) is 0 Å². The Morgan fingerprint density at radius 1 is 0.962 bits per heavy atom. The predicted molar refractivity (Wildman–Crippen MR) is 98.9 cm³/mol. The fourth-order valence-corrected chi connectivity index (χ4v) is 2.93. The number of nitrogens with one attached hydrogen (secondary N) is 1. The Bertz CT molecular complexity index is 1000. The molecule has 128 valence electrons. The zero-order chi connectivity index (χ0) is 17.9. The van der Waals surface area contributed by atoms with E-state index in [1.54, 1.807) is 10.7 Å². The second kappa shape index (κ2) is 6.76. The SMILES string of the molecule is Cc1ccnc2nc(NC(=O)C(c3ccccc3)c3ccccc3)nn12. The Morgan fingerprint density at radius 2 is 1.58 bits per heavy atom. The fraction of sp³-hybridized carbons (Fsp3) is 0.100. The van der Waals surface area contributed by atoms with E-state index in [1.807, 2.05) is 73.7 Å². The normalized spacial score (nSPS) is 11.0. The summed E-state index contributed by atoms with van der Waals surface area (Å²) in [7, 11) is 0. The molecule has 0 saturated carbocycles. The minimum absolute atomic E-state index is 0.184. The lowest BCUT2D eigenvalue weighted by atomic mass is 9.90. The summed E-state index contributed by atoms with van der Waals surface area (Å²) in [5.74, 6) is 0.0685. The van der Waals surface area contributed by atoms with Gasteiger partial charge in [0.05, 0.1) is 5.92 Å². The number of aryl methyl sites for hydroxylation is 1. The van der Waals surface area contributed by atoms with Crippen molar-refractivity contribution in [3.05, 3.63) is 89.7 Å². The fourth-order valence-electron chi connectivity index (χ4n) is 2.93. The molecule has 0 aliphatic heterocycles. The van der Waals surface area contributed by atoms with E-state index in [1.165, 1.54) is 0 Å². The molecule has 1 amide bonds. The predicted octanol–water partition coefficient (Wildman–Crippen LogP) is 3.20. The molecule has 0 unspecified atom stereocenters. The van der Waals surface area contributed by atoms with Gasteiger partial charge in [0.15, 0.2) is 0 Å². The van der Waals surface area contributed by atoms with Crippen LogP contribution in [0.2, 0.25) is 0 Å². The van der Waals surface area contributed by atoms with Gasteiger partial charge in [-0.25, -0.2) is 4.98 Å². The van der Waals surface area contributed by atoms with Gasteiger partial charge in [0.1, 0.15) is 0 Å². The van der Waals surface area contributed by atoms with E-state index in [9.17, 15) is 4.79 Å². The van der Waals surface area contributed by atoms with Crippen molar-refractivity contribution < 1.29 is 4.79 Å². The van der Waals surface area contributed by atoms with Crippen molar-refractivity contribution in [1.29, 1.82) is 0 Å².